The average Bonchev–Trinajstić information content (AvgIpc) is 3.26. The van der Waals surface area contributed by atoms with Gasteiger partial charge in [-0.25, -0.2) is 0 Å². The molecule has 1 N–H and O–H groups in total. The van der Waals surface area contributed by atoms with Crippen molar-refractivity contribution in [3.63, 3.8) is 0 Å². The molecule has 0 spiro atoms. The summed E-state index contributed by atoms with van der Waals surface area (Å²) < 4.78 is 5.78. The van der Waals surface area contributed by atoms with Crippen molar-refractivity contribution in [3.05, 3.63) is 72.4 Å². The van der Waals surface area contributed by atoms with Gasteiger partial charge in [0.05, 0.1) is 5.56 Å². The molecular formula is C19H15N3OS. The lowest BCUT2D eigenvalue weighted by Crippen LogP contribution is -1.75. The SMILES string of the molecule is C(=C\c1ccccc1)/CSc1nnc(-c2c[nH]c3ccccc23)o1. The summed E-state index contributed by atoms with van der Waals surface area (Å²) in [7, 11) is 0. The standard InChI is InChI=1S/C19H15N3OS/c1-2-7-14(8-3-1)9-6-12-24-19-22-21-18(23-19)16-13-20-17-11-5-4-10-15(16)17/h1-11,13,20H,12H2/b9-6+. The molecule has 5 heteroatoms. The van der Waals surface area contributed by atoms with Crippen LogP contribution in [0.25, 0.3) is 28.4 Å². The maximum atomic E-state index is 5.78. The van der Waals surface area contributed by atoms with E-state index in [1.807, 2.05) is 48.7 Å². The second-order valence-electron chi connectivity index (χ2n) is 5.25. The number of aromatic nitrogens is 3. The minimum Gasteiger partial charge on any atom is -0.411 e. The van der Waals surface area contributed by atoms with Gasteiger partial charge >= 0.3 is 0 Å². The number of benzene rings is 2. The molecule has 4 aromatic rings. The third kappa shape index (κ3) is 3.12. The fraction of sp³-hybridized carbons (Fsp3) is 0.0526. The number of H-pyrrole nitrogens is 1. The zero-order valence-electron chi connectivity index (χ0n) is 12.8. The second kappa shape index (κ2) is 6.76. The van der Waals surface area contributed by atoms with Crippen molar-refractivity contribution in [2.24, 2.45) is 0 Å². The van der Waals surface area contributed by atoms with Crippen LogP contribution < -0.4 is 0 Å². The first-order valence-corrected chi connectivity index (χ1v) is 8.63. The lowest BCUT2D eigenvalue weighted by Gasteiger charge is -1.93. The maximum Gasteiger partial charge on any atom is 0.277 e. The molecule has 2 heterocycles. The van der Waals surface area contributed by atoms with E-state index in [0.29, 0.717) is 11.1 Å². The highest BCUT2D eigenvalue weighted by Gasteiger charge is 2.12. The summed E-state index contributed by atoms with van der Waals surface area (Å²) >= 11 is 1.53. The third-order valence-electron chi connectivity index (χ3n) is 3.64. The van der Waals surface area contributed by atoms with E-state index in [4.69, 9.17) is 4.42 Å². The Morgan fingerprint density at radius 2 is 1.83 bits per heavy atom. The van der Waals surface area contributed by atoms with Crippen molar-refractivity contribution < 1.29 is 4.42 Å². The van der Waals surface area contributed by atoms with E-state index in [1.54, 1.807) is 0 Å². The van der Waals surface area contributed by atoms with Crippen molar-refractivity contribution >= 4 is 28.7 Å². The first-order valence-electron chi connectivity index (χ1n) is 7.64. The summed E-state index contributed by atoms with van der Waals surface area (Å²) in [6, 6.07) is 18.3. The Bertz CT molecular complexity index is 972. The van der Waals surface area contributed by atoms with Crippen LogP contribution >= 0.6 is 11.8 Å². The molecule has 118 valence electrons. The topological polar surface area (TPSA) is 54.7 Å². The van der Waals surface area contributed by atoms with Crippen LogP contribution in [-0.2, 0) is 0 Å². The van der Waals surface area contributed by atoms with Gasteiger partial charge in [0.1, 0.15) is 0 Å². The number of hydrogen-bond acceptors (Lipinski definition) is 4. The number of hydrogen-bond donors (Lipinski definition) is 1. The highest BCUT2D eigenvalue weighted by atomic mass is 32.2. The number of aromatic amines is 1. The predicted octanol–water partition coefficient (Wildman–Crippen LogP) is 5.02. The van der Waals surface area contributed by atoms with Gasteiger partial charge < -0.3 is 9.40 Å². The minimum absolute atomic E-state index is 0.544. The molecule has 2 aromatic heterocycles. The zero-order valence-corrected chi connectivity index (χ0v) is 13.7. The lowest BCUT2D eigenvalue weighted by molar-refractivity contribution is 0.466. The van der Waals surface area contributed by atoms with Crippen molar-refractivity contribution in [3.8, 4) is 11.5 Å². The van der Waals surface area contributed by atoms with Gasteiger partial charge in [0.25, 0.3) is 11.1 Å². The molecule has 0 fully saturated rings. The number of nitrogens with zero attached hydrogens (tertiary/aromatic N) is 2. The van der Waals surface area contributed by atoms with E-state index < -0.39 is 0 Å². The van der Waals surface area contributed by atoms with Crippen LogP contribution in [0.2, 0.25) is 0 Å². The number of nitrogens with one attached hydrogen (secondary N) is 1. The van der Waals surface area contributed by atoms with E-state index in [2.05, 4.69) is 39.5 Å². The molecule has 4 nitrogen and oxygen atoms in total. The lowest BCUT2D eigenvalue weighted by atomic mass is 10.2. The molecule has 0 aliphatic rings. The molecule has 0 unspecified atom stereocenters. The van der Waals surface area contributed by atoms with Gasteiger partial charge in [-0.3, -0.25) is 0 Å². The van der Waals surface area contributed by atoms with Crippen LogP contribution in [0.4, 0.5) is 0 Å². The van der Waals surface area contributed by atoms with Crippen molar-refractivity contribution in [2.75, 3.05) is 5.75 Å². The quantitative estimate of drug-likeness (QED) is 0.521. The summed E-state index contributed by atoms with van der Waals surface area (Å²) in [5, 5.41) is 9.95. The predicted molar refractivity (Wildman–Crippen MR) is 97.8 cm³/mol. The smallest absolute Gasteiger partial charge is 0.277 e. The first kappa shape index (κ1) is 14.8. The molecule has 0 bridgehead atoms. The van der Waals surface area contributed by atoms with E-state index in [0.717, 1.165) is 22.2 Å². The monoisotopic (exact) mass is 333 g/mol. The molecule has 0 saturated heterocycles. The van der Waals surface area contributed by atoms with Crippen LogP contribution in [0.3, 0.4) is 0 Å². The minimum atomic E-state index is 0.544. The molecular weight excluding hydrogens is 318 g/mol. The number of para-hydroxylation sites is 1. The van der Waals surface area contributed by atoms with Gasteiger partial charge in [-0.15, -0.1) is 10.2 Å². The van der Waals surface area contributed by atoms with Gasteiger partial charge in [-0.05, 0) is 11.6 Å². The normalized spacial score (nSPS) is 11.5. The number of fused-ring (bicyclic) bond motifs is 1. The molecule has 4 rings (SSSR count). The molecule has 0 aliphatic carbocycles. The van der Waals surface area contributed by atoms with Gasteiger partial charge in [-0.2, -0.15) is 0 Å². The summed E-state index contributed by atoms with van der Waals surface area (Å²) in [5.41, 5.74) is 3.18. The summed E-state index contributed by atoms with van der Waals surface area (Å²) in [5.74, 6) is 1.33. The Morgan fingerprint density at radius 3 is 2.75 bits per heavy atom. The summed E-state index contributed by atoms with van der Waals surface area (Å²) in [4.78, 5) is 3.22. The number of rotatable bonds is 5. The largest absolute Gasteiger partial charge is 0.411 e. The molecule has 0 amide bonds. The van der Waals surface area contributed by atoms with Crippen LogP contribution in [0, 0.1) is 0 Å². The van der Waals surface area contributed by atoms with Crippen molar-refractivity contribution in [1.29, 1.82) is 0 Å². The van der Waals surface area contributed by atoms with E-state index in [9.17, 15) is 0 Å². The second-order valence-corrected chi connectivity index (χ2v) is 6.22. The average molecular weight is 333 g/mol. The Balaban J connectivity index is 1.44. The van der Waals surface area contributed by atoms with Gasteiger partial charge in [-0.1, -0.05) is 72.4 Å². The van der Waals surface area contributed by atoms with E-state index >= 15 is 0 Å². The van der Waals surface area contributed by atoms with Crippen LogP contribution in [0.15, 0.2) is 76.5 Å². The molecule has 2 aromatic carbocycles. The van der Waals surface area contributed by atoms with Crippen LogP contribution in [0.5, 0.6) is 0 Å². The van der Waals surface area contributed by atoms with E-state index in [-0.39, 0.29) is 0 Å². The van der Waals surface area contributed by atoms with Crippen LogP contribution in [-0.4, -0.2) is 20.9 Å². The summed E-state index contributed by atoms with van der Waals surface area (Å²) in [6.45, 7) is 0. The van der Waals surface area contributed by atoms with E-state index in [1.165, 1.54) is 17.3 Å². The van der Waals surface area contributed by atoms with Gasteiger partial charge in [0, 0.05) is 22.9 Å². The molecule has 24 heavy (non-hydrogen) atoms. The van der Waals surface area contributed by atoms with Crippen molar-refractivity contribution in [2.45, 2.75) is 5.22 Å². The highest BCUT2D eigenvalue weighted by Crippen LogP contribution is 2.29. The van der Waals surface area contributed by atoms with Gasteiger partial charge in [0.2, 0.25) is 0 Å². The third-order valence-corrected chi connectivity index (χ3v) is 4.41. The molecule has 0 aliphatic heterocycles. The zero-order chi connectivity index (χ0) is 16.2. The fourth-order valence-electron chi connectivity index (χ4n) is 2.49. The number of thioether (sulfide) groups is 1. The molecule has 0 atom stereocenters. The Morgan fingerprint density at radius 1 is 1.00 bits per heavy atom. The fourth-order valence-corrected chi connectivity index (χ4v) is 3.06. The highest BCUT2D eigenvalue weighted by molar-refractivity contribution is 7.99. The molecule has 0 radical (unpaired) electrons. The first-order chi connectivity index (χ1) is 11.9. The van der Waals surface area contributed by atoms with Crippen molar-refractivity contribution in [1.82, 2.24) is 15.2 Å². The van der Waals surface area contributed by atoms with Gasteiger partial charge in [0.15, 0.2) is 0 Å². The maximum absolute atomic E-state index is 5.78. The van der Waals surface area contributed by atoms with Crippen LogP contribution in [0.1, 0.15) is 5.56 Å². The Hall–Kier alpha value is -2.79. The Kier molecular flexibility index (Phi) is 4.16. The molecule has 0 saturated carbocycles. The summed E-state index contributed by atoms with van der Waals surface area (Å²) in [6.07, 6.45) is 6.08. The Labute approximate surface area is 143 Å².